The molecule has 1 N–H and O–H groups in total. The Balaban J connectivity index is 0.00000312. The van der Waals surface area contributed by atoms with Crippen LogP contribution in [0.5, 0.6) is 0 Å². The van der Waals surface area contributed by atoms with Crippen LogP contribution in [0.15, 0.2) is 24.3 Å². The zero-order valence-corrected chi connectivity index (χ0v) is 15.4. The molecule has 0 bridgehead atoms. The van der Waals surface area contributed by atoms with Gasteiger partial charge in [0.05, 0.1) is 5.56 Å². The van der Waals surface area contributed by atoms with Crippen molar-refractivity contribution in [1.82, 2.24) is 10.2 Å². The highest BCUT2D eigenvalue weighted by molar-refractivity contribution is 5.85. The van der Waals surface area contributed by atoms with Gasteiger partial charge in [-0.1, -0.05) is 25.1 Å². The lowest BCUT2D eigenvalue weighted by Gasteiger charge is -2.34. The highest BCUT2D eigenvalue weighted by atomic mass is 35.5. The van der Waals surface area contributed by atoms with Gasteiger partial charge in [-0.3, -0.25) is 4.79 Å². The lowest BCUT2D eigenvalue weighted by molar-refractivity contribution is -0.137. The van der Waals surface area contributed by atoms with Crippen molar-refractivity contribution in [2.24, 2.45) is 11.8 Å². The maximum absolute atomic E-state index is 12.8. The summed E-state index contributed by atoms with van der Waals surface area (Å²) < 4.78 is 38.4. The van der Waals surface area contributed by atoms with Gasteiger partial charge in [0.25, 0.3) is 0 Å². The minimum atomic E-state index is -4.35. The van der Waals surface area contributed by atoms with Crippen molar-refractivity contribution < 1.29 is 18.0 Å². The Morgan fingerprint density at radius 3 is 2.76 bits per heavy atom. The van der Waals surface area contributed by atoms with Gasteiger partial charge in [0.2, 0.25) is 5.91 Å². The average Bonchev–Trinajstić information content (AvgIpc) is 2.54. The molecule has 0 saturated carbocycles. The number of carbonyl (C=O) groups is 1. The molecule has 0 aromatic heterocycles. The van der Waals surface area contributed by atoms with E-state index in [1.165, 1.54) is 6.07 Å². The third kappa shape index (κ3) is 6.19. The third-order valence-corrected chi connectivity index (χ3v) is 4.54. The number of hydrogen-bond donors (Lipinski definition) is 1. The van der Waals surface area contributed by atoms with Crippen LogP contribution in [-0.4, -0.2) is 37.5 Å². The lowest BCUT2D eigenvalue weighted by atomic mass is 9.94. The molecule has 1 fully saturated rings. The van der Waals surface area contributed by atoms with Crippen molar-refractivity contribution in [3.05, 3.63) is 35.4 Å². The molecular weight excluding hydrogens is 353 g/mol. The molecule has 7 heteroatoms. The number of piperidine rings is 1. The van der Waals surface area contributed by atoms with E-state index in [-0.39, 0.29) is 24.2 Å². The molecule has 1 aromatic carbocycles. The van der Waals surface area contributed by atoms with Crippen LogP contribution in [0.1, 0.15) is 30.9 Å². The molecule has 25 heavy (non-hydrogen) atoms. The van der Waals surface area contributed by atoms with E-state index < -0.39 is 11.7 Å². The highest BCUT2D eigenvalue weighted by Gasteiger charge is 2.31. The largest absolute Gasteiger partial charge is 0.416 e. The van der Waals surface area contributed by atoms with Crippen LogP contribution in [0.4, 0.5) is 13.2 Å². The molecule has 1 saturated heterocycles. The zero-order valence-electron chi connectivity index (χ0n) is 14.6. The number of carbonyl (C=O) groups excluding carboxylic acids is 1. The summed E-state index contributed by atoms with van der Waals surface area (Å²) in [5.41, 5.74) is -0.110. The van der Waals surface area contributed by atoms with Crippen molar-refractivity contribution in [3.63, 3.8) is 0 Å². The molecule has 1 aliphatic heterocycles. The summed E-state index contributed by atoms with van der Waals surface area (Å²) in [5.74, 6) is 0.170. The summed E-state index contributed by atoms with van der Waals surface area (Å²) >= 11 is 0. The molecule has 2 rings (SSSR count). The number of rotatable bonds is 5. The number of alkyl halides is 3. The number of nitrogens with zero attached hydrogens (tertiary/aromatic N) is 1. The molecule has 2 unspecified atom stereocenters. The maximum atomic E-state index is 12.8. The fourth-order valence-electron chi connectivity index (χ4n) is 3.35. The van der Waals surface area contributed by atoms with Gasteiger partial charge < -0.3 is 10.2 Å². The van der Waals surface area contributed by atoms with Crippen molar-refractivity contribution >= 4 is 18.3 Å². The van der Waals surface area contributed by atoms with E-state index in [1.54, 1.807) is 13.0 Å². The lowest BCUT2D eigenvalue weighted by Crippen LogP contribution is -2.44. The fraction of sp³-hybridized carbons (Fsp3) is 0.611. The van der Waals surface area contributed by atoms with Gasteiger partial charge in [-0.15, -0.1) is 12.4 Å². The number of halogens is 4. The molecule has 1 aromatic rings. The molecule has 2 atom stereocenters. The van der Waals surface area contributed by atoms with Crippen molar-refractivity contribution in [1.29, 1.82) is 0 Å². The second-order valence-corrected chi connectivity index (χ2v) is 6.65. The van der Waals surface area contributed by atoms with Crippen molar-refractivity contribution in [2.75, 3.05) is 26.7 Å². The molecule has 1 amide bonds. The molecule has 0 aliphatic carbocycles. The van der Waals surface area contributed by atoms with E-state index in [9.17, 15) is 18.0 Å². The first-order chi connectivity index (χ1) is 11.3. The molecular formula is C18H26ClF3N2O. The first-order valence-electron chi connectivity index (χ1n) is 8.40. The first-order valence-corrected chi connectivity index (χ1v) is 8.40. The van der Waals surface area contributed by atoms with E-state index in [4.69, 9.17) is 0 Å². The SMILES string of the molecule is CNCC1CCCN(C(=O)C(C)Cc2cccc(C(F)(F)F)c2)C1.Cl. The van der Waals surface area contributed by atoms with Crippen LogP contribution in [-0.2, 0) is 17.4 Å². The predicted octanol–water partition coefficient (Wildman–Crippen LogP) is 3.76. The Morgan fingerprint density at radius 2 is 2.12 bits per heavy atom. The van der Waals surface area contributed by atoms with Crippen LogP contribution in [0.2, 0.25) is 0 Å². The third-order valence-electron chi connectivity index (χ3n) is 4.54. The van der Waals surface area contributed by atoms with Gasteiger partial charge in [0.15, 0.2) is 0 Å². The number of amides is 1. The standard InChI is InChI=1S/C18H25F3N2O.ClH/c1-13(9-14-5-3-7-16(10-14)18(19,20)21)17(24)23-8-4-6-15(12-23)11-22-2;/h3,5,7,10,13,15,22H,4,6,8-9,11-12H2,1-2H3;1H. The van der Waals surface area contributed by atoms with Crippen molar-refractivity contribution in [2.45, 2.75) is 32.4 Å². The van der Waals surface area contributed by atoms with E-state index in [1.807, 2.05) is 11.9 Å². The topological polar surface area (TPSA) is 32.3 Å². The number of hydrogen-bond acceptors (Lipinski definition) is 2. The second-order valence-electron chi connectivity index (χ2n) is 6.65. The Kier molecular flexibility index (Phi) is 8.22. The number of nitrogens with one attached hydrogen (secondary N) is 1. The minimum absolute atomic E-state index is 0. The minimum Gasteiger partial charge on any atom is -0.342 e. The maximum Gasteiger partial charge on any atom is 0.416 e. The smallest absolute Gasteiger partial charge is 0.342 e. The Morgan fingerprint density at radius 1 is 1.40 bits per heavy atom. The summed E-state index contributed by atoms with van der Waals surface area (Å²) in [7, 11) is 1.90. The summed E-state index contributed by atoms with van der Waals surface area (Å²) in [4.78, 5) is 14.5. The first kappa shape index (κ1) is 21.8. The van der Waals surface area contributed by atoms with Crippen LogP contribution in [0.3, 0.4) is 0 Å². The Bertz CT molecular complexity index is 563. The van der Waals surface area contributed by atoms with E-state index in [0.717, 1.165) is 44.6 Å². The molecule has 0 radical (unpaired) electrons. The van der Waals surface area contributed by atoms with Crippen LogP contribution < -0.4 is 5.32 Å². The van der Waals surface area contributed by atoms with Crippen molar-refractivity contribution in [3.8, 4) is 0 Å². The van der Waals surface area contributed by atoms with Crippen LogP contribution in [0.25, 0.3) is 0 Å². The summed E-state index contributed by atoms with van der Waals surface area (Å²) in [6.45, 7) is 4.15. The second kappa shape index (κ2) is 9.43. The Labute approximate surface area is 153 Å². The molecule has 0 spiro atoms. The summed E-state index contributed by atoms with van der Waals surface area (Å²) in [6.07, 6.45) is -1.94. The Hall–Kier alpha value is -1.27. The molecule has 1 aliphatic rings. The fourth-order valence-corrected chi connectivity index (χ4v) is 3.35. The van der Waals surface area contributed by atoms with Gasteiger partial charge in [0, 0.05) is 19.0 Å². The zero-order chi connectivity index (χ0) is 17.7. The molecule has 3 nitrogen and oxygen atoms in total. The van der Waals surface area contributed by atoms with Gasteiger partial charge >= 0.3 is 6.18 Å². The van der Waals surface area contributed by atoms with Crippen LogP contribution in [0, 0.1) is 11.8 Å². The van der Waals surface area contributed by atoms with Gasteiger partial charge in [-0.2, -0.15) is 13.2 Å². The van der Waals surface area contributed by atoms with Gasteiger partial charge in [-0.25, -0.2) is 0 Å². The summed E-state index contributed by atoms with van der Waals surface area (Å²) in [5, 5.41) is 3.14. The normalized spacial score (nSPS) is 19.2. The quantitative estimate of drug-likeness (QED) is 0.846. The predicted molar refractivity (Wildman–Crippen MR) is 94.8 cm³/mol. The van der Waals surface area contributed by atoms with Crippen LogP contribution >= 0.6 is 12.4 Å². The monoisotopic (exact) mass is 378 g/mol. The van der Waals surface area contributed by atoms with E-state index in [0.29, 0.717) is 17.9 Å². The number of likely N-dealkylation sites (tertiary alicyclic amines) is 1. The van der Waals surface area contributed by atoms with Gasteiger partial charge in [-0.05, 0) is 50.4 Å². The van der Waals surface area contributed by atoms with Gasteiger partial charge in [0.1, 0.15) is 0 Å². The average molecular weight is 379 g/mol. The number of benzene rings is 1. The van der Waals surface area contributed by atoms with E-state index in [2.05, 4.69) is 5.32 Å². The molecule has 142 valence electrons. The van der Waals surface area contributed by atoms with E-state index >= 15 is 0 Å². The summed E-state index contributed by atoms with van der Waals surface area (Å²) in [6, 6.07) is 5.25. The molecule has 1 heterocycles. The highest BCUT2D eigenvalue weighted by Crippen LogP contribution is 2.30.